The van der Waals surface area contributed by atoms with Gasteiger partial charge in [0, 0.05) is 12.7 Å². The Balaban J connectivity index is 2.19. The van der Waals surface area contributed by atoms with E-state index in [9.17, 15) is 4.79 Å². The predicted octanol–water partition coefficient (Wildman–Crippen LogP) is 4.08. The van der Waals surface area contributed by atoms with Crippen molar-refractivity contribution in [1.29, 1.82) is 0 Å². The zero-order valence-electron chi connectivity index (χ0n) is 12.2. The fourth-order valence-corrected chi connectivity index (χ4v) is 3.23. The highest BCUT2D eigenvalue weighted by atomic mass is 16.5. The summed E-state index contributed by atoms with van der Waals surface area (Å²) in [5.41, 5.74) is 3.08. The number of Topliss-reactive ketones (excluding diaryl/α,β-unsaturated/α-hetero) is 1. The first-order valence-corrected chi connectivity index (χ1v) is 7.27. The minimum absolute atomic E-state index is 0.154. The third-order valence-corrected chi connectivity index (χ3v) is 4.10. The number of methoxy groups -OCH3 is 1. The number of aryl methyl sites for hydroxylation is 2. The molecule has 0 radical (unpaired) electrons. The summed E-state index contributed by atoms with van der Waals surface area (Å²) in [6, 6.07) is 6.05. The van der Waals surface area contributed by atoms with Gasteiger partial charge in [-0.15, -0.1) is 0 Å². The van der Waals surface area contributed by atoms with Crippen LogP contribution in [0.4, 0.5) is 0 Å². The van der Waals surface area contributed by atoms with Crippen molar-refractivity contribution in [1.82, 2.24) is 0 Å². The number of benzene rings is 1. The molecule has 0 bridgehead atoms. The molecular weight excluding hydrogens is 236 g/mol. The van der Waals surface area contributed by atoms with Crippen LogP contribution in [0.25, 0.3) is 0 Å². The molecule has 1 atom stereocenters. The first kappa shape index (κ1) is 14.3. The molecule has 2 rings (SSSR count). The summed E-state index contributed by atoms with van der Waals surface area (Å²) >= 11 is 0. The van der Waals surface area contributed by atoms with E-state index >= 15 is 0 Å². The average molecular weight is 260 g/mol. The number of carbonyl (C=O) groups is 1. The van der Waals surface area contributed by atoms with E-state index in [1.807, 2.05) is 26.0 Å². The number of hydrogen-bond acceptors (Lipinski definition) is 2. The van der Waals surface area contributed by atoms with Gasteiger partial charge in [0.1, 0.15) is 6.10 Å². The number of ketones is 1. The molecular formula is C17H24O2. The summed E-state index contributed by atoms with van der Waals surface area (Å²) in [6.45, 7) is 4.07. The minimum Gasteiger partial charge on any atom is -0.373 e. The number of rotatable bonds is 4. The van der Waals surface area contributed by atoms with Crippen molar-refractivity contribution >= 4 is 5.78 Å². The SMILES string of the molecule is COC(C(=O)c1cc(C)cc(C)c1)C1CCCCC1. The second kappa shape index (κ2) is 6.33. The molecule has 1 fully saturated rings. The van der Waals surface area contributed by atoms with Crippen LogP contribution < -0.4 is 0 Å². The van der Waals surface area contributed by atoms with E-state index in [0.29, 0.717) is 5.92 Å². The molecule has 0 aliphatic heterocycles. The molecule has 0 N–H and O–H groups in total. The van der Waals surface area contributed by atoms with Crippen molar-refractivity contribution in [2.75, 3.05) is 7.11 Å². The maximum absolute atomic E-state index is 12.7. The Morgan fingerprint density at radius 1 is 1.11 bits per heavy atom. The molecule has 1 saturated carbocycles. The van der Waals surface area contributed by atoms with Crippen molar-refractivity contribution in [3.05, 3.63) is 34.9 Å². The molecule has 0 spiro atoms. The average Bonchev–Trinajstić information content (AvgIpc) is 2.39. The van der Waals surface area contributed by atoms with E-state index in [-0.39, 0.29) is 11.9 Å². The lowest BCUT2D eigenvalue weighted by Crippen LogP contribution is -2.33. The third kappa shape index (κ3) is 3.44. The van der Waals surface area contributed by atoms with E-state index in [2.05, 4.69) is 6.07 Å². The summed E-state index contributed by atoms with van der Waals surface area (Å²) in [4.78, 5) is 12.7. The molecule has 19 heavy (non-hydrogen) atoms. The summed E-state index contributed by atoms with van der Waals surface area (Å²) < 4.78 is 5.54. The van der Waals surface area contributed by atoms with Crippen molar-refractivity contribution in [2.24, 2.45) is 5.92 Å². The van der Waals surface area contributed by atoms with Crippen molar-refractivity contribution < 1.29 is 9.53 Å². The van der Waals surface area contributed by atoms with Gasteiger partial charge in [-0.05, 0) is 44.7 Å². The van der Waals surface area contributed by atoms with Crippen molar-refractivity contribution in [3.63, 3.8) is 0 Å². The lowest BCUT2D eigenvalue weighted by atomic mass is 9.82. The maximum Gasteiger partial charge on any atom is 0.191 e. The van der Waals surface area contributed by atoms with Crippen LogP contribution >= 0.6 is 0 Å². The van der Waals surface area contributed by atoms with Gasteiger partial charge in [-0.1, -0.05) is 36.5 Å². The molecule has 2 heteroatoms. The van der Waals surface area contributed by atoms with E-state index in [1.165, 1.54) is 19.3 Å². The van der Waals surface area contributed by atoms with Gasteiger partial charge < -0.3 is 4.74 Å². The Bertz CT molecular complexity index is 424. The molecule has 1 aromatic carbocycles. The van der Waals surface area contributed by atoms with Crippen LogP contribution in [-0.2, 0) is 4.74 Å². The highest BCUT2D eigenvalue weighted by Crippen LogP contribution is 2.29. The Morgan fingerprint density at radius 2 is 1.68 bits per heavy atom. The fraction of sp³-hybridized carbons (Fsp3) is 0.588. The molecule has 2 nitrogen and oxygen atoms in total. The molecule has 1 aromatic rings. The first-order chi connectivity index (χ1) is 9.11. The lowest BCUT2D eigenvalue weighted by Gasteiger charge is -2.28. The van der Waals surface area contributed by atoms with Crippen LogP contribution in [0.5, 0.6) is 0 Å². The summed E-state index contributed by atoms with van der Waals surface area (Å²) in [7, 11) is 1.67. The summed E-state index contributed by atoms with van der Waals surface area (Å²) in [5, 5.41) is 0. The standard InChI is InChI=1S/C17H24O2/c1-12-9-13(2)11-15(10-12)16(18)17(19-3)14-7-5-4-6-8-14/h9-11,14,17H,4-8H2,1-3H3. The van der Waals surface area contributed by atoms with Crippen LogP contribution in [0, 0.1) is 19.8 Å². The topological polar surface area (TPSA) is 26.3 Å². The molecule has 0 saturated heterocycles. The smallest absolute Gasteiger partial charge is 0.191 e. The third-order valence-electron chi connectivity index (χ3n) is 4.10. The first-order valence-electron chi connectivity index (χ1n) is 7.27. The largest absolute Gasteiger partial charge is 0.373 e. The Kier molecular flexibility index (Phi) is 4.76. The number of hydrogen-bond donors (Lipinski definition) is 0. The Labute approximate surface area is 116 Å². The Hall–Kier alpha value is -1.15. The second-order valence-electron chi connectivity index (χ2n) is 5.80. The van der Waals surface area contributed by atoms with Crippen LogP contribution in [0.3, 0.4) is 0 Å². The Morgan fingerprint density at radius 3 is 2.21 bits per heavy atom. The fourth-order valence-electron chi connectivity index (χ4n) is 3.23. The normalized spacial score (nSPS) is 18.3. The number of ether oxygens (including phenoxy) is 1. The van der Waals surface area contributed by atoms with Crippen molar-refractivity contribution in [3.8, 4) is 0 Å². The zero-order valence-corrected chi connectivity index (χ0v) is 12.2. The van der Waals surface area contributed by atoms with Crippen LogP contribution in [-0.4, -0.2) is 19.0 Å². The van der Waals surface area contributed by atoms with Gasteiger partial charge >= 0.3 is 0 Å². The predicted molar refractivity (Wildman–Crippen MR) is 77.6 cm³/mol. The van der Waals surface area contributed by atoms with Gasteiger partial charge in [-0.2, -0.15) is 0 Å². The van der Waals surface area contributed by atoms with Gasteiger partial charge in [0.25, 0.3) is 0 Å². The molecule has 104 valence electrons. The summed E-state index contributed by atoms with van der Waals surface area (Å²) in [6.07, 6.45) is 5.73. The van der Waals surface area contributed by atoms with Gasteiger partial charge in [-0.25, -0.2) is 0 Å². The molecule has 1 unspecified atom stereocenters. The van der Waals surface area contributed by atoms with Crippen LogP contribution in [0.2, 0.25) is 0 Å². The van der Waals surface area contributed by atoms with E-state index in [4.69, 9.17) is 4.74 Å². The van der Waals surface area contributed by atoms with Crippen LogP contribution in [0.15, 0.2) is 18.2 Å². The van der Waals surface area contributed by atoms with Gasteiger partial charge in [0.05, 0.1) is 0 Å². The van der Waals surface area contributed by atoms with Crippen LogP contribution in [0.1, 0.15) is 53.6 Å². The maximum atomic E-state index is 12.7. The quantitative estimate of drug-likeness (QED) is 0.762. The summed E-state index contributed by atoms with van der Waals surface area (Å²) in [5.74, 6) is 0.549. The van der Waals surface area contributed by atoms with Crippen molar-refractivity contribution in [2.45, 2.75) is 52.1 Å². The van der Waals surface area contributed by atoms with E-state index in [1.54, 1.807) is 7.11 Å². The van der Waals surface area contributed by atoms with E-state index < -0.39 is 0 Å². The monoisotopic (exact) mass is 260 g/mol. The zero-order chi connectivity index (χ0) is 13.8. The van der Waals surface area contributed by atoms with E-state index in [0.717, 1.165) is 29.5 Å². The molecule has 0 amide bonds. The molecule has 0 aromatic heterocycles. The molecule has 1 aliphatic carbocycles. The second-order valence-corrected chi connectivity index (χ2v) is 5.80. The van der Waals surface area contributed by atoms with Gasteiger partial charge in [0.2, 0.25) is 0 Å². The van der Waals surface area contributed by atoms with Gasteiger partial charge in [0.15, 0.2) is 5.78 Å². The highest BCUT2D eigenvalue weighted by molar-refractivity contribution is 6.00. The van der Waals surface area contributed by atoms with Gasteiger partial charge in [-0.3, -0.25) is 4.79 Å². The highest BCUT2D eigenvalue weighted by Gasteiger charge is 2.30. The lowest BCUT2D eigenvalue weighted by molar-refractivity contribution is 0.0314. The minimum atomic E-state index is -0.263. The molecule has 0 heterocycles. The molecule has 1 aliphatic rings. The number of carbonyl (C=O) groups excluding carboxylic acids is 1.